The van der Waals surface area contributed by atoms with E-state index in [2.05, 4.69) is 0 Å². The maximum absolute atomic E-state index is 11.2. The van der Waals surface area contributed by atoms with Crippen LogP contribution in [0.1, 0.15) is 13.8 Å². The van der Waals surface area contributed by atoms with Crippen molar-refractivity contribution in [1.82, 2.24) is 0 Å². The standard InChI is InChI=1S/C13H21NO7/c1-8(15)20-7-11(21-9(2)16)13(19-5)12(18-4)10(6-14)17-3/h10-13H,7H2,1-5H3/t10-,11+,12+,13+/m0/s1. The normalized spacial score (nSPS) is 16.2. The third-order valence-electron chi connectivity index (χ3n) is 2.68. The molecule has 0 heterocycles. The summed E-state index contributed by atoms with van der Waals surface area (Å²) in [6.07, 6.45) is -3.53. The molecule has 0 unspecified atom stereocenters. The Morgan fingerprint density at radius 3 is 1.90 bits per heavy atom. The van der Waals surface area contributed by atoms with Crippen LogP contribution in [0.4, 0.5) is 0 Å². The highest BCUT2D eigenvalue weighted by Crippen LogP contribution is 2.17. The Balaban J connectivity index is 5.19. The molecule has 8 heteroatoms. The number of hydrogen-bond donors (Lipinski definition) is 0. The molecule has 0 aliphatic rings. The van der Waals surface area contributed by atoms with Gasteiger partial charge in [0, 0.05) is 35.2 Å². The van der Waals surface area contributed by atoms with Crippen LogP contribution in [-0.4, -0.2) is 64.3 Å². The lowest BCUT2D eigenvalue weighted by atomic mass is 10.0. The van der Waals surface area contributed by atoms with Crippen LogP contribution in [0, 0.1) is 11.3 Å². The monoisotopic (exact) mass is 303 g/mol. The first kappa shape index (κ1) is 19.3. The molecular weight excluding hydrogens is 282 g/mol. The Hall–Kier alpha value is -1.69. The van der Waals surface area contributed by atoms with Gasteiger partial charge < -0.3 is 23.7 Å². The zero-order valence-electron chi connectivity index (χ0n) is 12.8. The molecule has 0 aliphatic carbocycles. The number of rotatable bonds is 9. The SMILES string of the molecule is CO[C@@H]([C@H](OC)[C@@H](COC(C)=O)OC(C)=O)[C@H](C#N)OC. The molecule has 0 rings (SSSR count). The van der Waals surface area contributed by atoms with E-state index in [0.29, 0.717) is 0 Å². The molecule has 0 radical (unpaired) electrons. The molecule has 0 amide bonds. The van der Waals surface area contributed by atoms with E-state index in [1.54, 1.807) is 0 Å². The van der Waals surface area contributed by atoms with Gasteiger partial charge >= 0.3 is 11.9 Å². The highest BCUT2D eigenvalue weighted by molar-refractivity contribution is 5.67. The summed E-state index contributed by atoms with van der Waals surface area (Å²) in [5.41, 5.74) is 0. The third kappa shape index (κ3) is 6.53. The Morgan fingerprint density at radius 1 is 1.00 bits per heavy atom. The van der Waals surface area contributed by atoms with Gasteiger partial charge in [-0.15, -0.1) is 0 Å². The molecule has 0 saturated heterocycles. The molecule has 0 aromatic carbocycles. The minimum absolute atomic E-state index is 0.213. The molecule has 0 aromatic heterocycles. The van der Waals surface area contributed by atoms with E-state index >= 15 is 0 Å². The van der Waals surface area contributed by atoms with Gasteiger partial charge in [-0.1, -0.05) is 0 Å². The van der Waals surface area contributed by atoms with Gasteiger partial charge in [0.2, 0.25) is 0 Å². The number of carbonyl (C=O) groups excluding carboxylic acids is 2. The number of methoxy groups -OCH3 is 3. The largest absolute Gasteiger partial charge is 0.462 e. The summed E-state index contributed by atoms with van der Waals surface area (Å²) >= 11 is 0. The van der Waals surface area contributed by atoms with Gasteiger partial charge in [0.05, 0.1) is 6.07 Å². The van der Waals surface area contributed by atoms with Gasteiger partial charge in [-0.25, -0.2) is 0 Å². The van der Waals surface area contributed by atoms with Crippen molar-refractivity contribution in [2.24, 2.45) is 0 Å². The molecule has 21 heavy (non-hydrogen) atoms. The average Bonchev–Trinajstić information content (AvgIpc) is 2.43. The highest BCUT2D eigenvalue weighted by Gasteiger charge is 2.38. The molecule has 0 aromatic rings. The molecule has 8 nitrogen and oxygen atoms in total. The quantitative estimate of drug-likeness (QED) is 0.550. The van der Waals surface area contributed by atoms with E-state index in [1.165, 1.54) is 35.2 Å². The first-order valence-electron chi connectivity index (χ1n) is 6.19. The predicted octanol–water partition coefficient (Wildman–Crippen LogP) is 0.0498. The lowest BCUT2D eigenvalue weighted by Crippen LogP contribution is -2.50. The van der Waals surface area contributed by atoms with Crippen LogP contribution >= 0.6 is 0 Å². The maximum atomic E-state index is 11.2. The van der Waals surface area contributed by atoms with Gasteiger partial charge in [0.15, 0.2) is 12.2 Å². The van der Waals surface area contributed by atoms with Crippen molar-refractivity contribution in [3.63, 3.8) is 0 Å². The van der Waals surface area contributed by atoms with Gasteiger partial charge in [0.25, 0.3) is 0 Å². The lowest BCUT2D eigenvalue weighted by Gasteiger charge is -2.32. The van der Waals surface area contributed by atoms with Crippen LogP contribution in [0.3, 0.4) is 0 Å². The molecule has 0 spiro atoms. The van der Waals surface area contributed by atoms with E-state index < -0.39 is 36.4 Å². The van der Waals surface area contributed by atoms with Crippen LogP contribution in [0.25, 0.3) is 0 Å². The Bertz CT molecular complexity index is 379. The number of hydrogen-bond acceptors (Lipinski definition) is 8. The topological polar surface area (TPSA) is 104 Å². The molecule has 4 atom stereocenters. The zero-order valence-corrected chi connectivity index (χ0v) is 12.8. The van der Waals surface area contributed by atoms with Crippen molar-refractivity contribution in [3.8, 4) is 6.07 Å². The number of nitrogens with zero attached hydrogens (tertiary/aromatic N) is 1. The minimum Gasteiger partial charge on any atom is -0.462 e. The molecule has 120 valence electrons. The van der Waals surface area contributed by atoms with Crippen molar-refractivity contribution >= 4 is 11.9 Å². The fourth-order valence-corrected chi connectivity index (χ4v) is 1.80. The summed E-state index contributed by atoms with van der Waals surface area (Å²) in [6, 6.07) is 1.92. The van der Waals surface area contributed by atoms with Gasteiger partial charge in [-0.2, -0.15) is 5.26 Å². The van der Waals surface area contributed by atoms with Crippen molar-refractivity contribution < 1.29 is 33.3 Å². The number of nitriles is 1. The summed E-state index contributed by atoms with van der Waals surface area (Å²) in [5, 5.41) is 9.05. The summed E-state index contributed by atoms with van der Waals surface area (Å²) in [5.74, 6) is -1.10. The average molecular weight is 303 g/mol. The zero-order chi connectivity index (χ0) is 16.4. The summed E-state index contributed by atoms with van der Waals surface area (Å²) in [7, 11) is 4.08. The van der Waals surface area contributed by atoms with E-state index in [1.807, 2.05) is 6.07 Å². The highest BCUT2D eigenvalue weighted by atomic mass is 16.6. The van der Waals surface area contributed by atoms with Crippen LogP contribution in [0.2, 0.25) is 0 Å². The van der Waals surface area contributed by atoms with Crippen molar-refractivity contribution in [3.05, 3.63) is 0 Å². The Kier molecular flexibility index (Phi) is 9.28. The number of ether oxygens (including phenoxy) is 5. The summed E-state index contributed by atoms with van der Waals surface area (Å²) in [4.78, 5) is 22.1. The van der Waals surface area contributed by atoms with E-state index in [0.717, 1.165) is 0 Å². The lowest BCUT2D eigenvalue weighted by molar-refractivity contribution is -0.180. The second-order valence-electron chi connectivity index (χ2n) is 4.14. The third-order valence-corrected chi connectivity index (χ3v) is 2.68. The second kappa shape index (κ2) is 10.1. The van der Waals surface area contributed by atoms with Crippen LogP contribution in [-0.2, 0) is 33.3 Å². The molecular formula is C13H21NO7. The van der Waals surface area contributed by atoms with E-state index in [9.17, 15) is 9.59 Å². The molecule has 0 N–H and O–H groups in total. The van der Waals surface area contributed by atoms with Crippen molar-refractivity contribution in [1.29, 1.82) is 5.26 Å². The van der Waals surface area contributed by atoms with Crippen LogP contribution < -0.4 is 0 Å². The summed E-state index contributed by atoms with van der Waals surface area (Å²) < 4.78 is 25.4. The van der Waals surface area contributed by atoms with Crippen LogP contribution in [0.5, 0.6) is 0 Å². The Labute approximate surface area is 123 Å². The van der Waals surface area contributed by atoms with Crippen molar-refractivity contribution in [2.45, 2.75) is 38.3 Å². The number of esters is 2. The van der Waals surface area contributed by atoms with E-state index in [4.69, 9.17) is 28.9 Å². The van der Waals surface area contributed by atoms with Gasteiger partial charge in [0.1, 0.15) is 18.8 Å². The molecule has 0 saturated carbocycles. The molecule has 0 bridgehead atoms. The molecule has 0 fully saturated rings. The van der Waals surface area contributed by atoms with Crippen LogP contribution in [0.15, 0.2) is 0 Å². The van der Waals surface area contributed by atoms with E-state index in [-0.39, 0.29) is 6.61 Å². The first-order chi connectivity index (χ1) is 9.90. The fourth-order valence-electron chi connectivity index (χ4n) is 1.80. The predicted molar refractivity (Wildman–Crippen MR) is 70.2 cm³/mol. The minimum atomic E-state index is -0.935. The first-order valence-corrected chi connectivity index (χ1v) is 6.19. The van der Waals surface area contributed by atoms with Gasteiger partial charge in [-0.05, 0) is 0 Å². The van der Waals surface area contributed by atoms with Gasteiger partial charge in [-0.3, -0.25) is 9.59 Å². The Morgan fingerprint density at radius 2 is 1.57 bits per heavy atom. The van der Waals surface area contributed by atoms with Crippen molar-refractivity contribution in [2.75, 3.05) is 27.9 Å². The maximum Gasteiger partial charge on any atom is 0.303 e. The molecule has 0 aliphatic heterocycles. The summed E-state index contributed by atoms with van der Waals surface area (Å²) in [6.45, 7) is 2.23. The smallest absolute Gasteiger partial charge is 0.303 e. The fraction of sp³-hybridized carbons (Fsp3) is 0.769. The second-order valence-corrected chi connectivity index (χ2v) is 4.14. The number of carbonyl (C=O) groups is 2.